The Balaban J connectivity index is 2.84. The molecule has 0 aliphatic heterocycles. The summed E-state index contributed by atoms with van der Waals surface area (Å²) >= 11 is 5.55. The van der Waals surface area contributed by atoms with E-state index in [4.69, 9.17) is 17.3 Å². The first kappa shape index (κ1) is 15.3. The lowest BCUT2D eigenvalue weighted by Gasteiger charge is -2.15. The molecule has 1 nitrogen and oxygen atoms in total. The van der Waals surface area contributed by atoms with Gasteiger partial charge < -0.3 is 5.73 Å². The van der Waals surface area contributed by atoms with Crippen LogP contribution in [-0.2, 0) is 6.18 Å². The Morgan fingerprint density at radius 2 is 1.94 bits per heavy atom. The van der Waals surface area contributed by atoms with Gasteiger partial charge >= 0.3 is 6.18 Å². The van der Waals surface area contributed by atoms with E-state index >= 15 is 0 Å². The van der Waals surface area contributed by atoms with Gasteiger partial charge in [-0.15, -0.1) is 0 Å². The molecule has 18 heavy (non-hydrogen) atoms. The summed E-state index contributed by atoms with van der Waals surface area (Å²) in [5.74, 6) is 0. The lowest BCUT2D eigenvalue weighted by atomic mass is 9.99. The van der Waals surface area contributed by atoms with Crippen LogP contribution in [0.15, 0.2) is 18.2 Å². The molecule has 0 heterocycles. The van der Waals surface area contributed by atoms with Gasteiger partial charge in [-0.25, -0.2) is 0 Å². The molecule has 0 fully saturated rings. The lowest BCUT2D eigenvalue weighted by molar-refractivity contribution is -0.137. The van der Waals surface area contributed by atoms with Gasteiger partial charge in [-0.3, -0.25) is 0 Å². The van der Waals surface area contributed by atoms with E-state index in [-0.39, 0.29) is 11.1 Å². The monoisotopic (exact) mass is 279 g/mol. The van der Waals surface area contributed by atoms with Crippen molar-refractivity contribution in [1.29, 1.82) is 0 Å². The Morgan fingerprint density at radius 3 is 2.50 bits per heavy atom. The molecule has 0 amide bonds. The van der Waals surface area contributed by atoms with Crippen molar-refractivity contribution in [3.05, 3.63) is 34.3 Å². The second kappa shape index (κ2) is 6.43. The van der Waals surface area contributed by atoms with Crippen molar-refractivity contribution in [2.24, 2.45) is 5.73 Å². The molecule has 1 aromatic carbocycles. The zero-order valence-corrected chi connectivity index (χ0v) is 11.0. The molecule has 102 valence electrons. The largest absolute Gasteiger partial charge is 0.417 e. The van der Waals surface area contributed by atoms with Gasteiger partial charge in [0.05, 0.1) is 10.6 Å². The SMILES string of the molecule is CCCCC[C@H](N)c1ccc(Cl)c(C(F)(F)F)c1. The van der Waals surface area contributed by atoms with Crippen LogP contribution in [0.4, 0.5) is 13.2 Å². The molecule has 0 bridgehead atoms. The van der Waals surface area contributed by atoms with Crippen LogP contribution in [0.25, 0.3) is 0 Å². The Bertz CT molecular complexity index is 390. The van der Waals surface area contributed by atoms with Gasteiger partial charge in [0, 0.05) is 6.04 Å². The van der Waals surface area contributed by atoms with Gasteiger partial charge in [0.1, 0.15) is 0 Å². The molecule has 1 rings (SSSR count). The Hall–Kier alpha value is -0.740. The van der Waals surface area contributed by atoms with E-state index in [9.17, 15) is 13.2 Å². The highest BCUT2D eigenvalue weighted by Crippen LogP contribution is 2.36. The van der Waals surface area contributed by atoms with E-state index in [0.717, 1.165) is 25.3 Å². The van der Waals surface area contributed by atoms with Crippen LogP contribution in [0.5, 0.6) is 0 Å². The molecule has 0 radical (unpaired) electrons. The zero-order chi connectivity index (χ0) is 13.8. The van der Waals surface area contributed by atoms with Crippen molar-refractivity contribution in [2.75, 3.05) is 0 Å². The summed E-state index contributed by atoms with van der Waals surface area (Å²) in [4.78, 5) is 0. The third-order valence-electron chi connectivity index (χ3n) is 2.84. The smallest absolute Gasteiger partial charge is 0.324 e. The molecule has 5 heteroatoms. The second-order valence-electron chi connectivity index (χ2n) is 4.34. The van der Waals surface area contributed by atoms with Crippen LogP contribution < -0.4 is 5.73 Å². The molecule has 0 unspecified atom stereocenters. The van der Waals surface area contributed by atoms with Crippen LogP contribution in [0.2, 0.25) is 5.02 Å². The third-order valence-corrected chi connectivity index (χ3v) is 3.17. The number of benzene rings is 1. The predicted molar refractivity (Wildman–Crippen MR) is 67.5 cm³/mol. The van der Waals surface area contributed by atoms with Crippen molar-refractivity contribution in [2.45, 2.75) is 44.8 Å². The highest BCUT2D eigenvalue weighted by molar-refractivity contribution is 6.31. The van der Waals surface area contributed by atoms with Crippen LogP contribution in [0, 0.1) is 0 Å². The van der Waals surface area contributed by atoms with Crippen LogP contribution >= 0.6 is 11.6 Å². The maximum atomic E-state index is 12.7. The van der Waals surface area contributed by atoms with Gasteiger partial charge in [0.2, 0.25) is 0 Å². The van der Waals surface area contributed by atoms with Crippen molar-refractivity contribution >= 4 is 11.6 Å². The van der Waals surface area contributed by atoms with E-state index in [1.165, 1.54) is 6.07 Å². The van der Waals surface area contributed by atoms with Gasteiger partial charge in [0.15, 0.2) is 0 Å². The fourth-order valence-electron chi connectivity index (χ4n) is 1.77. The second-order valence-corrected chi connectivity index (χ2v) is 4.75. The third kappa shape index (κ3) is 4.18. The minimum absolute atomic E-state index is 0.285. The van der Waals surface area contributed by atoms with Crippen molar-refractivity contribution < 1.29 is 13.2 Å². The standard InChI is InChI=1S/C13H17ClF3N/c1-2-3-4-5-12(18)9-6-7-11(14)10(8-9)13(15,16)17/h6-8,12H,2-5,18H2,1H3/t12-/m0/s1. The van der Waals surface area contributed by atoms with Gasteiger partial charge in [-0.2, -0.15) is 13.2 Å². The fourth-order valence-corrected chi connectivity index (χ4v) is 2.00. The van der Waals surface area contributed by atoms with Crippen LogP contribution in [0.3, 0.4) is 0 Å². The van der Waals surface area contributed by atoms with E-state index in [0.29, 0.717) is 12.0 Å². The van der Waals surface area contributed by atoms with E-state index in [1.807, 2.05) is 0 Å². The fraction of sp³-hybridized carbons (Fsp3) is 0.538. The van der Waals surface area contributed by atoms with Crippen molar-refractivity contribution in [3.8, 4) is 0 Å². The van der Waals surface area contributed by atoms with Crippen LogP contribution in [-0.4, -0.2) is 0 Å². The molecule has 2 N–H and O–H groups in total. The molecular weight excluding hydrogens is 263 g/mol. The molecule has 0 saturated carbocycles. The Morgan fingerprint density at radius 1 is 1.28 bits per heavy atom. The topological polar surface area (TPSA) is 26.0 Å². The van der Waals surface area contributed by atoms with Gasteiger partial charge in [-0.1, -0.05) is 43.9 Å². The Kier molecular flexibility index (Phi) is 5.47. The lowest BCUT2D eigenvalue weighted by Crippen LogP contribution is -2.13. The summed E-state index contributed by atoms with van der Waals surface area (Å²) in [5, 5.41) is -0.285. The summed E-state index contributed by atoms with van der Waals surface area (Å²) in [5.41, 5.74) is 5.56. The molecule has 1 aromatic rings. The van der Waals surface area contributed by atoms with E-state index in [2.05, 4.69) is 6.92 Å². The maximum absolute atomic E-state index is 12.7. The number of hydrogen-bond donors (Lipinski definition) is 1. The summed E-state index contributed by atoms with van der Waals surface area (Å²) in [6.45, 7) is 2.07. The molecule has 0 spiro atoms. The highest BCUT2D eigenvalue weighted by atomic mass is 35.5. The molecule has 0 aliphatic rings. The summed E-state index contributed by atoms with van der Waals surface area (Å²) in [6.07, 6.45) is -0.737. The maximum Gasteiger partial charge on any atom is 0.417 e. The summed E-state index contributed by atoms with van der Waals surface area (Å²) in [6, 6.07) is 3.52. The van der Waals surface area contributed by atoms with Crippen molar-refractivity contribution in [3.63, 3.8) is 0 Å². The highest BCUT2D eigenvalue weighted by Gasteiger charge is 2.33. The normalized spacial score (nSPS) is 13.7. The average molecular weight is 280 g/mol. The number of hydrogen-bond acceptors (Lipinski definition) is 1. The molecule has 0 aliphatic carbocycles. The number of alkyl halides is 3. The molecular formula is C13H17ClF3N. The molecule has 0 saturated heterocycles. The summed E-state index contributed by atoms with van der Waals surface area (Å²) in [7, 11) is 0. The number of halogens is 4. The van der Waals surface area contributed by atoms with E-state index in [1.54, 1.807) is 6.07 Å². The minimum atomic E-state index is -4.43. The average Bonchev–Trinajstić information content (AvgIpc) is 2.28. The minimum Gasteiger partial charge on any atom is -0.324 e. The first-order valence-electron chi connectivity index (χ1n) is 5.98. The van der Waals surface area contributed by atoms with Crippen LogP contribution in [0.1, 0.15) is 49.8 Å². The first-order chi connectivity index (χ1) is 8.36. The van der Waals surface area contributed by atoms with Crippen molar-refractivity contribution in [1.82, 2.24) is 0 Å². The van der Waals surface area contributed by atoms with Gasteiger partial charge in [0.25, 0.3) is 0 Å². The first-order valence-corrected chi connectivity index (χ1v) is 6.36. The molecule has 1 atom stereocenters. The quantitative estimate of drug-likeness (QED) is 0.759. The summed E-state index contributed by atoms with van der Waals surface area (Å²) < 4.78 is 38.0. The predicted octanol–water partition coefficient (Wildman–Crippen LogP) is 4.94. The van der Waals surface area contributed by atoms with Gasteiger partial charge in [-0.05, 0) is 24.1 Å². The Labute approximate surface area is 110 Å². The number of nitrogens with two attached hydrogens (primary N) is 1. The zero-order valence-electron chi connectivity index (χ0n) is 10.2. The molecule has 0 aromatic heterocycles. The number of unbranched alkanes of at least 4 members (excludes halogenated alkanes) is 2. The number of rotatable bonds is 5. The van der Waals surface area contributed by atoms with E-state index < -0.39 is 11.7 Å².